The fraction of sp³-hybridized carbons (Fsp3) is 0.364. The van der Waals surface area contributed by atoms with Crippen LogP contribution in [-0.2, 0) is 14.8 Å². The Balaban J connectivity index is 2.27. The van der Waals surface area contributed by atoms with Crippen LogP contribution in [0.15, 0.2) is 48.5 Å². The Morgan fingerprint density at radius 1 is 1.10 bits per heavy atom. The summed E-state index contributed by atoms with van der Waals surface area (Å²) in [5, 5.41) is 5.54. The predicted octanol–water partition coefficient (Wildman–Crippen LogP) is 3.32. The Labute approximate surface area is 178 Å². The van der Waals surface area contributed by atoms with Gasteiger partial charge in [-0.2, -0.15) is 0 Å². The maximum absolute atomic E-state index is 12.9. The van der Waals surface area contributed by atoms with Crippen LogP contribution in [0, 0.1) is 6.92 Å². The molecule has 2 aromatic rings. The van der Waals surface area contributed by atoms with Gasteiger partial charge in [-0.15, -0.1) is 0 Å². The lowest BCUT2D eigenvalue weighted by Gasteiger charge is -2.28. The summed E-state index contributed by atoms with van der Waals surface area (Å²) in [4.78, 5) is 25.4. The standard InChI is InChI=1S/C22H29N3O4S/c1-5-6-14-23-22(27)19-12-7-8-13-20(19)24-21(26)17(3)25(30(4,28)29)18-11-9-10-16(2)15-18/h7-13,15,17H,5-6,14H2,1-4H3,(H,23,27)(H,24,26)/t17-/m1/s1. The van der Waals surface area contributed by atoms with E-state index in [0.717, 1.165) is 29.0 Å². The average molecular weight is 432 g/mol. The van der Waals surface area contributed by atoms with Crippen LogP contribution in [0.25, 0.3) is 0 Å². The Hall–Kier alpha value is -2.87. The van der Waals surface area contributed by atoms with Crippen LogP contribution in [0.4, 0.5) is 11.4 Å². The van der Waals surface area contributed by atoms with Gasteiger partial charge in [-0.3, -0.25) is 13.9 Å². The summed E-state index contributed by atoms with van der Waals surface area (Å²) in [6.45, 7) is 5.94. The van der Waals surface area contributed by atoms with E-state index in [1.54, 1.807) is 42.5 Å². The number of rotatable bonds is 9. The van der Waals surface area contributed by atoms with Gasteiger partial charge in [-0.1, -0.05) is 37.6 Å². The van der Waals surface area contributed by atoms with Crippen LogP contribution >= 0.6 is 0 Å². The molecule has 0 spiro atoms. The number of unbranched alkanes of at least 4 members (excludes halogenated alkanes) is 1. The molecule has 2 rings (SSSR count). The Bertz CT molecular complexity index is 1000. The summed E-state index contributed by atoms with van der Waals surface area (Å²) in [6.07, 6.45) is 2.88. The van der Waals surface area contributed by atoms with E-state index in [-0.39, 0.29) is 5.91 Å². The molecule has 0 aliphatic carbocycles. The topological polar surface area (TPSA) is 95.6 Å². The molecule has 8 heteroatoms. The molecule has 2 aromatic carbocycles. The monoisotopic (exact) mass is 431 g/mol. The van der Waals surface area contributed by atoms with Gasteiger partial charge < -0.3 is 10.6 Å². The highest BCUT2D eigenvalue weighted by atomic mass is 32.2. The molecule has 0 radical (unpaired) electrons. The Morgan fingerprint density at radius 3 is 2.43 bits per heavy atom. The molecule has 7 nitrogen and oxygen atoms in total. The van der Waals surface area contributed by atoms with Crippen molar-refractivity contribution >= 4 is 33.2 Å². The second kappa shape index (κ2) is 10.2. The third kappa shape index (κ3) is 6.06. The first-order chi connectivity index (χ1) is 14.1. The second-order valence-electron chi connectivity index (χ2n) is 7.22. The molecule has 2 amide bonds. The van der Waals surface area contributed by atoms with Gasteiger partial charge in [0, 0.05) is 6.54 Å². The van der Waals surface area contributed by atoms with Crippen molar-refractivity contribution in [3.05, 3.63) is 59.7 Å². The van der Waals surface area contributed by atoms with Gasteiger partial charge in [-0.05, 0) is 50.1 Å². The minimum atomic E-state index is -3.72. The first-order valence-corrected chi connectivity index (χ1v) is 11.7. The third-order valence-electron chi connectivity index (χ3n) is 4.59. The zero-order valence-corrected chi connectivity index (χ0v) is 18.6. The van der Waals surface area contributed by atoms with Crippen molar-refractivity contribution < 1.29 is 18.0 Å². The van der Waals surface area contributed by atoms with Gasteiger partial charge in [0.15, 0.2) is 0 Å². The zero-order valence-electron chi connectivity index (χ0n) is 17.8. The van der Waals surface area contributed by atoms with Crippen LogP contribution in [0.5, 0.6) is 0 Å². The third-order valence-corrected chi connectivity index (χ3v) is 5.83. The smallest absolute Gasteiger partial charge is 0.253 e. The average Bonchev–Trinajstić information content (AvgIpc) is 2.67. The van der Waals surface area contributed by atoms with Gasteiger partial charge in [0.25, 0.3) is 5.91 Å². The van der Waals surface area contributed by atoms with Crippen molar-refractivity contribution in [3.8, 4) is 0 Å². The molecule has 162 valence electrons. The minimum absolute atomic E-state index is 0.286. The van der Waals surface area contributed by atoms with Crippen molar-refractivity contribution in [1.82, 2.24) is 5.32 Å². The first kappa shape index (κ1) is 23.4. The summed E-state index contributed by atoms with van der Waals surface area (Å²) in [6, 6.07) is 12.6. The lowest BCUT2D eigenvalue weighted by Crippen LogP contribution is -2.45. The molecule has 0 saturated heterocycles. The van der Waals surface area contributed by atoms with Crippen molar-refractivity contribution in [2.24, 2.45) is 0 Å². The predicted molar refractivity (Wildman–Crippen MR) is 120 cm³/mol. The van der Waals surface area contributed by atoms with E-state index in [9.17, 15) is 18.0 Å². The molecule has 0 aliphatic heterocycles. The summed E-state index contributed by atoms with van der Waals surface area (Å²) in [5.74, 6) is -0.818. The SMILES string of the molecule is CCCCNC(=O)c1ccccc1NC(=O)[C@@H](C)N(c1cccc(C)c1)S(C)(=O)=O. The first-order valence-electron chi connectivity index (χ1n) is 9.89. The lowest BCUT2D eigenvalue weighted by atomic mass is 10.1. The van der Waals surface area contributed by atoms with Crippen molar-refractivity contribution in [2.45, 2.75) is 39.7 Å². The molecule has 0 aliphatic rings. The number of nitrogens with zero attached hydrogens (tertiary/aromatic N) is 1. The number of nitrogens with one attached hydrogen (secondary N) is 2. The Morgan fingerprint density at radius 2 is 1.80 bits per heavy atom. The van der Waals surface area contributed by atoms with Gasteiger partial charge >= 0.3 is 0 Å². The quantitative estimate of drug-likeness (QED) is 0.596. The number of aryl methyl sites for hydroxylation is 1. The maximum atomic E-state index is 12.9. The molecule has 0 fully saturated rings. The number of para-hydroxylation sites is 1. The largest absolute Gasteiger partial charge is 0.352 e. The summed E-state index contributed by atoms with van der Waals surface area (Å²) < 4.78 is 26.0. The molecule has 30 heavy (non-hydrogen) atoms. The number of sulfonamides is 1. The molecule has 0 aromatic heterocycles. The fourth-order valence-corrected chi connectivity index (χ4v) is 4.24. The van der Waals surface area contributed by atoms with E-state index >= 15 is 0 Å². The summed E-state index contributed by atoms with van der Waals surface area (Å²) in [5.41, 5.74) is 1.95. The minimum Gasteiger partial charge on any atom is -0.352 e. The van der Waals surface area contributed by atoms with Crippen LogP contribution in [0.3, 0.4) is 0 Å². The summed E-state index contributed by atoms with van der Waals surface area (Å²) >= 11 is 0. The van der Waals surface area contributed by atoms with Gasteiger partial charge in [0.05, 0.1) is 23.2 Å². The molecule has 0 heterocycles. The number of amides is 2. The number of hydrogen-bond donors (Lipinski definition) is 2. The van der Waals surface area contributed by atoms with Crippen molar-refractivity contribution in [3.63, 3.8) is 0 Å². The molecular weight excluding hydrogens is 402 g/mol. The molecular formula is C22H29N3O4S. The van der Waals surface area contributed by atoms with Gasteiger partial charge in [0.1, 0.15) is 6.04 Å². The normalized spacial score (nSPS) is 12.1. The highest BCUT2D eigenvalue weighted by molar-refractivity contribution is 7.92. The molecule has 0 saturated carbocycles. The van der Waals surface area contributed by atoms with Crippen LogP contribution in [0.2, 0.25) is 0 Å². The van der Waals surface area contributed by atoms with Gasteiger partial charge in [0.2, 0.25) is 15.9 Å². The number of carbonyl (C=O) groups excluding carboxylic acids is 2. The van der Waals surface area contributed by atoms with E-state index in [4.69, 9.17) is 0 Å². The van der Waals surface area contributed by atoms with Crippen molar-refractivity contribution in [1.29, 1.82) is 0 Å². The number of anilines is 2. The maximum Gasteiger partial charge on any atom is 0.253 e. The number of carbonyl (C=O) groups is 2. The molecule has 2 N–H and O–H groups in total. The highest BCUT2D eigenvalue weighted by Crippen LogP contribution is 2.23. The van der Waals surface area contributed by atoms with Crippen LogP contribution in [-0.4, -0.2) is 39.1 Å². The zero-order chi connectivity index (χ0) is 22.3. The van der Waals surface area contributed by atoms with Crippen LogP contribution in [0.1, 0.15) is 42.6 Å². The summed E-state index contributed by atoms with van der Waals surface area (Å²) in [7, 11) is -3.72. The number of benzene rings is 2. The van der Waals surface area contributed by atoms with E-state index < -0.39 is 22.0 Å². The molecule has 0 unspecified atom stereocenters. The fourth-order valence-electron chi connectivity index (χ4n) is 3.08. The Kier molecular flexibility index (Phi) is 8.00. The van der Waals surface area contributed by atoms with E-state index in [2.05, 4.69) is 10.6 Å². The van der Waals surface area contributed by atoms with Crippen LogP contribution < -0.4 is 14.9 Å². The highest BCUT2D eigenvalue weighted by Gasteiger charge is 2.29. The van der Waals surface area contributed by atoms with Crippen molar-refractivity contribution in [2.75, 3.05) is 22.4 Å². The van der Waals surface area contributed by atoms with E-state index in [1.165, 1.54) is 6.92 Å². The van der Waals surface area contributed by atoms with E-state index in [0.29, 0.717) is 23.5 Å². The molecule has 1 atom stereocenters. The van der Waals surface area contributed by atoms with Gasteiger partial charge in [-0.25, -0.2) is 8.42 Å². The molecule has 0 bridgehead atoms. The number of hydrogen-bond acceptors (Lipinski definition) is 4. The van der Waals surface area contributed by atoms with E-state index in [1.807, 2.05) is 19.9 Å². The lowest BCUT2D eigenvalue weighted by molar-refractivity contribution is -0.116. The second-order valence-corrected chi connectivity index (χ2v) is 9.08.